The lowest BCUT2D eigenvalue weighted by molar-refractivity contribution is -0.119. The van der Waals surface area contributed by atoms with Gasteiger partial charge in [-0.2, -0.15) is 0 Å². The van der Waals surface area contributed by atoms with E-state index in [4.69, 9.17) is 4.74 Å². The molecule has 1 amide bonds. The average Bonchev–Trinajstić information content (AvgIpc) is 3.20. The summed E-state index contributed by atoms with van der Waals surface area (Å²) in [4.78, 5) is 18.1. The second kappa shape index (κ2) is 9.75. The summed E-state index contributed by atoms with van der Waals surface area (Å²) < 4.78 is 5.98. The predicted molar refractivity (Wildman–Crippen MR) is 123 cm³/mol. The van der Waals surface area contributed by atoms with Gasteiger partial charge in [-0.1, -0.05) is 54.6 Å². The van der Waals surface area contributed by atoms with Gasteiger partial charge >= 0.3 is 0 Å². The van der Waals surface area contributed by atoms with Crippen molar-refractivity contribution in [1.82, 2.24) is 15.2 Å². The van der Waals surface area contributed by atoms with Gasteiger partial charge in [0.25, 0.3) is 0 Å². The third-order valence-corrected chi connectivity index (χ3v) is 5.79. The third-order valence-electron chi connectivity index (χ3n) is 5.79. The molecule has 2 heterocycles. The Balaban J connectivity index is 1.34. The number of ether oxygens (including phenoxy) is 1. The lowest BCUT2D eigenvalue weighted by atomic mass is 9.97. The second-order valence-corrected chi connectivity index (χ2v) is 8.17. The molecule has 2 aromatic carbocycles. The van der Waals surface area contributed by atoms with E-state index in [0.717, 1.165) is 37.2 Å². The van der Waals surface area contributed by atoms with E-state index in [1.54, 1.807) is 6.92 Å². The molecule has 1 fully saturated rings. The lowest BCUT2D eigenvalue weighted by Gasteiger charge is -2.16. The molecule has 1 saturated heterocycles. The lowest BCUT2D eigenvalue weighted by Crippen LogP contribution is -2.35. The quantitative estimate of drug-likeness (QED) is 0.623. The Morgan fingerprint density at radius 2 is 1.97 bits per heavy atom. The summed E-state index contributed by atoms with van der Waals surface area (Å²) in [5, 5.41) is 3.00. The van der Waals surface area contributed by atoms with Crippen molar-refractivity contribution < 1.29 is 9.53 Å². The van der Waals surface area contributed by atoms with Crippen LogP contribution < -0.4 is 10.1 Å². The molecule has 0 unspecified atom stereocenters. The van der Waals surface area contributed by atoms with E-state index in [2.05, 4.69) is 70.7 Å². The zero-order valence-corrected chi connectivity index (χ0v) is 18.2. The zero-order valence-electron chi connectivity index (χ0n) is 18.2. The van der Waals surface area contributed by atoms with Crippen molar-refractivity contribution in [2.45, 2.75) is 39.5 Å². The summed E-state index contributed by atoms with van der Waals surface area (Å²) in [7, 11) is 0. The van der Waals surface area contributed by atoms with E-state index in [0.29, 0.717) is 12.5 Å². The van der Waals surface area contributed by atoms with Crippen molar-refractivity contribution in [3.8, 4) is 17.0 Å². The molecule has 0 aliphatic carbocycles. The molecule has 0 spiro atoms. The molecule has 1 aromatic heterocycles. The normalized spacial score (nSPS) is 16.3. The first kappa shape index (κ1) is 21.1. The topological polar surface area (TPSA) is 54.5 Å². The van der Waals surface area contributed by atoms with E-state index in [9.17, 15) is 4.79 Å². The standard InChI is InChI=1S/C26H29N3O2/c1-19-23(9-6-10-25(19)22-7-4-3-5-8-22)18-31-26-12-11-21(15-27-26)16-29-14-13-24(17-29)28-20(2)30/h3-12,15,24H,13-14,16-18H2,1-2H3,(H,28,30)/t24-/m0/s1. The number of hydrogen-bond acceptors (Lipinski definition) is 4. The van der Waals surface area contributed by atoms with Crippen molar-refractivity contribution in [2.24, 2.45) is 0 Å². The Hall–Kier alpha value is -3.18. The molecule has 5 heteroatoms. The summed E-state index contributed by atoms with van der Waals surface area (Å²) in [6.45, 7) is 6.91. The van der Waals surface area contributed by atoms with Crippen molar-refractivity contribution in [3.05, 3.63) is 83.6 Å². The van der Waals surface area contributed by atoms with Gasteiger partial charge in [-0.15, -0.1) is 0 Å². The fraction of sp³-hybridized carbons (Fsp3) is 0.308. The molecule has 160 valence electrons. The van der Waals surface area contributed by atoms with Crippen LogP contribution in [0.1, 0.15) is 30.0 Å². The molecule has 0 radical (unpaired) electrons. The number of aromatic nitrogens is 1. The van der Waals surface area contributed by atoms with Crippen molar-refractivity contribution in [2.75, 3.05) is 13.1 Å². The fourth-order valence-corrected chi connectivity index (χ4v) is 4.15. The van der Waals surface area contributed by atoms with Crippen LogP contribution in [-0.2, 0) is 17.9 Å². The second-order valence-electron chi connectivity index (χ2n) is 8.17. The molecular weight excluding hydrogens is 386 g/mol. The van der Waals surface area contributed by atoms with Crippen LogP contribution in [-0.4, -0.2) is 34.9 Å². The van der Waals surface area contributed by atoms with Gasteiger partial charge in [0.2, 0.25) is 11.8 Å². The Morgan fingerprint density at radius 3 is 2.71 bits per heavy atom. The molecule has 1 atom stereocenters. The number of benzene rings is 2. The molecule has 3 aromatic rings. The Labute approximate surface area is 184 Å². The minimum absolute atomic E-state index is 0.0413. The molecule has 4 rings (SSSR count). The van der Waals surface area contributed by atoms with Crippen LogP contribution in [0.15, 0.2) is 66.9 Å². The molecule has 1 aliphatic heterocycles. The largest absolute Gasteiger partial charge is 0.473 e. The summed E-state index contributed by atoms with van der Waals surface area (Å²) in [6.07, 6.45) is 2.88. The Kier molecular flexibility index (Phi) is 6.63. The maximum atomic E-state index is 11.2. The van der Waals surface area contributed by atoms with Crippen LogP contribution in [0.5, 0.6) is 5.88 Å². The summed E-state index contributed by atoms with van der Waals surface area (Å²) >= 11 is 0. The highest BCUT2D eigenvalue weighted by molar-refractivity contribution is 5.73. The molecule has 0 bridgehead atoms. The number of nitrogens with one attached hydrogen (secondary N) is 1. The van der Waals surface area contributed by atoms with Gasteiger partial charge < -0.3 is 10.1 Å². The molecular formula is C26H29N3O2. The predicted octanol–water partition coefficient (Wildman–Crippen LogP) is 4.35. The fourth-order valence-electron chi connectivity index (χ4n) is 4.15. The number of hydrogen-bond donors (Lipinski definition) is 1. The van der Waals surface area contributed by atoms with E-state index in [-0.39, 0.29) is 11.9 Å². The Bertz CT molecular complexity index is 1020. The van der Waals surface area contributed by atoms with Crippen LogP contribution in [0.3, 0.4) is 0 Å². The maximum Gasteiger partial charge on any atom is 0.217 e. The van der Waals surface area contributed by atoms with Crippen LogP contribution >= 0.6 is 0 Å². The number of likely N-dealkylation sites (tertiary alicyclic amines) is 1. The smallest absolute Gasteiger partial charge is 0.217 e. The van der Waals surface area contributed by atoms with E-state index < -0.39 is 0 Å². The first-order valence-electron chi connectivity index (χ1n) is 10.8. The number of amides is 1. The van der Waals surface area contributed by atoms with Gasteiger partial charge in [0.1, 0.15) is 6.61 Å². The van der Waals surface area contributed by atoms with Gasteiger partial charge in [-0.3, -0.25) is 9.69 Å². The molecule has 0 saturated carbocycles. The first-order chi connectivity index (χ1) is 15.1. The number of nitrogens with zero attached hydrogens (tertiary/aromatic N) is 2. The zero-order chi connectivity index (χ0) is 21.6. The minimum atomic E-state index is 0.0413. The molecule has 5 nitrogen and oxygen atoms in total. The monoisotopic (exact) mass is 415 g/mol. The molecule has 1 aliphatic rings. The summed E-state index contributed by atoms with van der Waals surface area (Å²) in [6, 6.07) is 21.0. The van der Waals surface area contributed by atoms with Crippen molar-refractivity contribution >= 4 is 5.91 Å². The van der Waals surface area contributed by atoms with Crippen molar-refractivity contribution in [3.63, 3.8) is 0 Å². The summed E-state index contributed by atoms with van der Waals surface area (Å²) in [5.41, 5.74) is 5.99. The van der Waals surface area contributed by atoms with Crippen LogP contribution in [0, 0.1) is 6.92 Å². The maximum absolute atomic E-state index is 11.2. The van der Waals surface area contributed by atoms with Crippen LogP contribution in [0.4, 0.5) is 0 Å². The third kappa shape index (κ3) is 5.50. The SMILES string of the molecule is CC(=O)N[C@H]1CCN(Cc2ccc(OCc3cccc(-c4ccccc4)c3C)nc2)C1. The molecule has 31 heavy (non-hydrogen) atoms. The van der Waals surface area contributed by atoms with Gasteiger partial charge in [-0.05, 0) is 41.2 Å². The van der Waals surface area contributed by atoms with Gasteiger partial charge in [0, 0.05) is 44.9 Å². The Morgan fingerprint density at radius 1 is 1.13 bits per heavy atom. The minimum Gasteiger partial charge on any atom is -0.473 e. The van der Waals surface area contributed by atoms with Gasteiger partial charge in [0.15, 0.2) is 0 Å². The molecule has 1 N–H and O–H groups in total. The number of rotatable bonds is 7. The summed E-state index contributed by atoms with van der Waals surface area (Å²) in [5.74, 6) is 0.672. The number of carbonyl (C=O) groups is 1. The van der Waals surface area contributed by atoms with E-state index in [1.807, 2.05) is 18.3 Å². The van der Waals surface area contributed by atoms with Gasteiger partial charge in [-0.25, -0.2) is 4.98 Å². The first-order valence-corrected chi connectivity index (χ1v) is 10.8. The highest BCUT2D eigenvalue weighted by Crippen LogP contribution is 2.26. The number of pyridine rings is 1. The van der Waals surface area contributed by atoms with E-state index >= 15 is 0 Å². The van der Waals surface area contributed by atoms with Gasteiger partial charge in [0.05, 0.1) is 0 Å². The van der Waals surface area contributed by atoms with E-state index in [1.165, 1.54) is 16.7 Å². The van der Waals surface area contributed by atoms with Crippen LogP contribution in [0.25, 0.3) is 11.1 Å². The number of carbonyl (C=O) groups excluding carboxylic acids is 1. The highest BCUT2D eigenvalue weighted by atomic mass is 16.5. The van der Waals surface area contributed by atoms with Crippen LogP contribution in [0.2, 0.25) is 0 Å². The van der Waals surface area contributed by atoms with Crippen molar-refractivity contribution in [1.29, 1.82) is 0 Å². The average molecular weight is 416 g/mol. The highest BCUT2D eigenvalue weighted by Gasteiger charge is 2.22.